The molecule has 2 aromatic carbocycles. The van der Waals surface area contributed by atoms with Gasteiger partial charge in [0.15, 0.2) is 5.75 Å². The molecule has 2 rings (SSSR count). The first-order valence-electron chi connectivity index (χ1n) is 7.87. The van der Waals surface area contributed by atoms with Gasteiger partial charge in [0.05, 0.1) is 18.3 Å². The quantitative estimate of drug-likeness (QED) is 0.196. The first-order valence-corrected chi connectivity index (χ1v) is 12.7. The van der Waals surface area contributed by atoms with Crippen LogP contribution in [0.1, 0.15) is 20.7 Å². The van der Waals surface area contributed by atoms with Crippen LogP contribution >= 0.6 is 67.8 Å². The van der Waals surface area contributed by atoms with E-state index in [1.54, 1.807) is 12.1 Å². The molecule has 0 bridgehead atoms. The van der Waals surface area contributed by atoms with Gasteiger partial charge in [-0.1, -0.05) is 0 Å². The summed E-state index contributed by atoms with van der Waals surface area (Å²) in [5.74, 6) is -3.72. The lowest BCUT2D eigenvalue weighted by Crippen LogP contribution is -2.39. The summed E-state index contributed by atoms with van der Waals surface area (Å²) in [7, 11) is -5.05. The fourth-order valence-corrected chi connectivity index (χ4v) is 6.55. The van der Waals surface area contributed by atoms with E-state index in [9.17, 15) is 31.2 Å². The first kappa shape index (κ1) is 26.5. The Balaban J connectivity index is 2.15. The number of carbonyl (C=O) groups is 2. The summed E-state index contributed by atoms with van der Waals surface area (Å²) in [5.41, 5.74) is -0.341. The van der Waals surface area contributed by atoms with E-state index >= 15 is 0 Å². The number of hydrogen-bond acceptors (Lipinski definition) is 6. The second-order valence-electron chi connectivity index (χ2n) is 5.85. The van der Waals surface area contributed by atoms with Crippen molar-refractivity contribution in [2.24, 2.45) is 0 Å². The molecule has 0 radical (unpaired) electrons. The van der Waals surface area contributed by atoms with Gasteiger partial charge >= 0.3 is 18.1 Å². The van der Waals surface area contributed by atoms with Crippen LogP contribution in [0.4, 0.5) is 13.2 Å². The van der Waals surface area contributed by atoms with Crippen LogP contribution in [0.3, 0.4) is 0 Å². The largest absolute Gasteiger partial charge is 0.448 e. The molecular weight excluding hydrogens is 786 g/mol. The third-order valence-electron chi connectivity index (χ3n) is 3.49. The van der Waals surface area contributed by atoms with Gasteiger partial charge in [0, 0.05) is 3.57 Å². The molecule has 2 aromatic rings. The molecule has 31 heavy (non-hydrogen) atoms. The number of alkyl halides is 3. The number of halogens is 6. The van der Waals surface area contributed by atoms with Gasteiger partial charge in [-0.2, -0.15) is 21.6 Å². The summed E-state index contributed by atoms with van der Waals surface area (Å²) in [6.45, 7) is 0. The van der Waals surface area contributed by atoms with E-state index in [2.05, 4.69) is 27.3 Å². The lowest BCUT2D eigenvalue weighted by molar-refractivity contribution is -0.197. The van der Waals surface area contributed by atoms with Crippen LogP contribution in [-0.2, 0) is 14.9 Å². The van der Waals surface area contributed by atoms with Gasteiger partial charge < -0.3 is 9.47 Å². The Morgan fingerprint density at radius 1 is 0.968 bits per heavy atom. The second kappa shape index (κ2) is 10.5. The molecule has 0 aliphatic rings. The van der Waals surface area contributed by atoms with Crippen LogP contribution in [0.5, 0.6) is 5.75 Å². The number of hydrogen-bond donors (Lipinski definition) is 1. The van der Waals surface area contributed by atoms with Crippen LogP contribution < -0.4 is 4.74 Å². The highest BCUT2D eigenvalue weighted by Crippen LogP contribution is 2.30. The van der Waals surface area contributed by atoms with Crippen molar-refractivity contribution >= 4 is 89.8 Å². The molecule has 0 heterocycles. The minimum atomic E-state index is -5.21. The fraction of sp³-hybridized carbons (Fsp3) is 0.176. The van der Waals surface area contributed by atoms with Crippen molar-refractivity contribution < 1.29 is 45.2 Å². The van der Waals surface area contributed by atoms with Crippen LogP contribution in [0.2, 0.25) is 0 Å². The number of ether oxygens (including phenoxy) is 2. The van der Waals surface area contributed by atoms with Crippen LogP contribution in [-0.4, -0.2) is 42.9 Å². The standard InChI is InChI=1S/C17H10F3I3O7S/c18-17(19,20)13(7-31(26,27)28)29-15(24)8-1-3-9(4-2-8)16(25)30-14-11(22)5-10(21)6-12(14)23/h1-6,13H,7H2,(H,26,27,28). The van der Waals surface area contributed by atoms with Crippen molar-refractivity contribution in [3.05, 3.63) is 58.2 Å². The Kier molecular flexibility index (Phi) is 8.96. The molecule has 0 saturated carbocycles. The zero-order valence-electron chi connectivity index (χ0n) is 14.8. The van der Waals surface area contributed by atoms with Gasteiger partial charge in [-0.15, -0.1) is 0 Å². The number of carbonyl (C=O) groups excluding carboxylic acids is 2. The van der Waals surface area contributed by atoms with Crippen LogP contribution in [0.15, 0.2) is 36.4 Å². The molecule has 0 fully saturated rings. The predicted octanol–water partition coefficient (Wildman–Crippen LogP) is 4.70. The monoisotopic (exact) mass is 796 g/mol. The Labute approximate surface area is 215 Å². The molecule has 168 valence electrons. The van der Waals surface area contributed by atoms with Crippen molar-refractivity contribution in [3.8, 4) is 5.75 Å². The van der Waals surface area contributed by atoms with E-state index in [1.807, 2.05) is 45.2 Å². The van der Waals surface area contributed by atoms with Gasteiger partial charge in [-0.05, 0) is 104 Å². The average molecular weight is 796 g/mol. The lowest BCUT2D eigenvalue weighted by Gasteiger charge is -2.19. The second-order valence-corrected chi connectivity index (χ2v) is 10.9. The van der Waals surface area contributed by atoms with E-state index in [0.717, 1.165) is 27.8 Å². The third kappa shape index (κ3) is 7.97. The molecule has 0 aliphatic heterocycles. The molecule has 1 atom stereocenters. The third-order valence-corrected chi connectivity index (χ3v) is 6.44. The Morgan fingerprint density at radius 2 is 1.42 bits per heavy atom. The maximum Gasteiger partial charge on any atom is 0.426 e. The van der Waals surface area contributed by atoms with Crippen LogP contribution in [0.25, 0.3) is 0 Å². The van der Waals surface area contributed by atoms with E-state index in [-0.39, 0.29) is 11.1 Å². The molecule has 14 heteroatoms. The van der Waals surface area contributed by atoms with Crippen molar-refractivity contribution in [3.63, 3.8) is 0 Å². The first-order chi connectivity index (χ1) is 14.2. The van der Waals surface area contributed by atoms with E-state index < -0.39 is 40.1 Å². The molecule has 1 N–H and O–H groups in total. The van der Waals surface area contributed by atoms with Crippen molar-refractivity contribution in [1.29, 1.82) is 0 Å². The van der Waals surface area contributed by atoms with E-state index in [0.29, 0.717) is 12.9 Å². The van der Waals surface area contributed by atoms with Gasteiger partial charge in [-0.3, -0.25) is 4.55 Å². The highest BCUT2D eigenvalue weighted by molar-refractivity contribution is 14.1. The lowest BCUT2D eigenvalue weighted by atomic mass is 10.1. The highest BCUT2D eigenvalue weighted by Gasteiger charge is 2.45. The van der Waals surface area contributed by atoms with Gasteiger partial charge in [-0.25, -0.2) is 9.59 Å². The summed E-state index contributed by atoms with van der Waals surface area (Å²) in [6.07, 6.45) is -8.26. The summed E-state index contributed by atoms with van der Waals surface area (Å²) >= 11 is 6.12. The Bertz CT molecular complexity index is 1080. The number of benzene rings is 2. The smallest absolute Gasteiger partial charge is 0.426 e. The molecule has 7 nitrogen and oxygen atoms in total. The molecule has 0 amide bonds. The summed E-state index contributed by atoms with van der Waals surface area (Å²) in [6, 6.07) is 7.96. The number of rotatable bonds is 6. The average Bonchev–Trinajstić information content (AvgIpc) is 2.62. The zero-order chi connectivity index (χ0) is 23.6. The Hall–Kier alpha value is -0.730. The molecular formula is C17H10F3I3O7S. The molecule has 0 saturated heterocycles. The minimum absolute atomic E-state index is 0.0204. The van der Waals surface area contributed by atoms with Gasteiger partial charge in [0.1, 0.15) is 5.75 Å². The maximum atomic E-state index is 12.9. The molecule has 0 aliphatic carbocycles. The SMILES string of the molecule is O=C(Oc1c(I)cc(I)cc1I)c1ccc(C(=O)OC(CS(=O)(=O)O)C(F)(F)F)cc1. The summed E-state index contributed by atoms with van der Waals surface area (Å²) in [4.78, 5) is 24.3. The summed E-state index contributed by atoms with van der Waals surface area (Å²) in [5, 5.41) is 0. The molecule has 1 unspecified atom stereocenters. The van der Waals surface area contributed by atoms with Crippen LogP contribution in [0, 0.1) is 10.7 Å². The maximum absolute atomic E-state index is 12.9. The Morgan fingerprint density at radius 3 is 1.84 bits per heavy atom. The minimum Gasteiger partial charge on any atom is -0.448 e. The molecule has 0 spiro atoms. The van der Waals surface area contributed by atoms with Crippen molar-refractivity contribution in [2.75, 3.05) is 5.75 Å². The van der Waals surface area contributed by atoms with Crippen molar-refractivity contribution in [2.45, 2.75) is 12.3 Å². The highest BCUT2D eigenvalue weighted by atomic mass is 127. The van der Waals surface area contributed by atoms with Crippen molar-refractivity contribution in [1.82, 2.24) is 0 Å². The fourth-order valence-electron chi connectivity index (χ4n) is 2.10. The topological polar surface area (TPSA) is 107 Å². The van der Waals surface area contributed by atoms with E-state index in [1.165, 1.54) is 0 Å². The zero-order valence-corrected chi connectivity index (χ0v) is 22.1. The predicted molar refractivity (Wildman–Crippen MR) is 128 cm³/mol. The van der Waals surface area contributed by atoms with Gasteiger partial charge in [0.25, 0.3) is 10.1 Å². The van der Waals surface area contributed by atoms with E-state index in [4.69, 9.17) is 9.29 Å². The summed E-state index contributed by atoms with van der Waals surface area (Å²) < 4.78 is 80.7. The number of esters is 2. The normalized spacial score (nSPS) is 12.9. The van der Waals surface area contributed by atoms with Gasteiger partial charge in [0.2, 0.25) is 6.10 Å². The molecule has 0 aromatic heterocycles.